The first kappa shape index (κ1) is 10.4. The van der Waals surface area contributed by atoms with E-state index in [2.05, 4.69) is 24.0 Å². The van der Waals surface area contributed by atoms with E-state index in [0.29, 0.717) is 12.1 Å². The fraction of sp³-hybridized carbons (Fsp3) is 1.00. The highest BCUT2D eigenvalue weighted by molar-refractivity contribution is 8.00. The lowest BCUT2D eigenvalue weighted by Gasteiger charge is -2.25. The van der Waals surface area contributed by atoms with E-state index in [1.165, 1.54) is 31.4 Å². The van der Waals surface area contributed by atoms with Crippen LogP contribution in [-0.2, 0) is 4.74 Å². The Morgan fingerprint density at radius 2 is 2.00 bits per heavy atom. The Hall–Kier alpha value is 0.270. The second kappa shape index (κ2) is 4.27. The molecule has 4 unspecified atom stereocenters. The second-order valence-electron chi connectivity index (χ2n) is 5.21. The van der Waals surface area contributed by atoms with Gasteiger partial charge in [0.15, 0.2) is 0 Å². The molecule has 0 bridgehead atoms. The molecule has 4 atom stereocenters. The highest BCUT2D eigenvalue weighted by Crippen LogP contribution is 2.39. The number of nitrogens with one attached hydrogen (secondary N) is 1. The molecule has 0 spiro atoms. The molecule has 1 saturated carbocycles. The molecule has 0 aromatic carbocycles. The van der Waals surface area contributed by atoms with Gasteiger partial charge in [0.1, 0.15) is 0 Å². The van der Waals surface area contributed by atoms with Gasteiger partial charge < -0.3 is 10.1 Å². The van der Waals surface area contributed by atoms with Crippen LogP contribution in [0.2, 0.25) is 0 Å². The third kappa shape index (κ3) is 2.20. The fourth-order valence-corrected chi connectivity index (χ4v) is 4.11. The van der Waals surface area contributed by atoms with Gasteiger partial charge in [0.05, 0.1) is 6.10 Å². The Kier molecular flexibility index (Phi) is 2.97. The molecule has 3 rings (SSSR count). The predicted molar refractivity (Wildman–Crippen MR) is 64.3 cm³/mol. The van der Waals surface area contributed by atoms with E-state index in [0.717, 1.165) is 23.8 Å². The largest absolute Gasteiger partial charge is 0.376 e. The summed E-state index contributed by atoms with van der Waals surface area (Å²) < 4.78 is 5.87. The number of hydrogen-bond donors (Lipinski definition) is 1. The summed E-state index contributed by atoms with van der Waals surface area (Å²) in [6, 6.07) is 1.39. The molecule has 2 aliphatic heterocycles. The number of ether oxygens (including phenoxy) is 1. The molecule has 3 fully saturated rings. The third-order valence-corrected chi connectivity index (χ3v) is 5.35. The summed E-state index contributed by atoms with van der Waals surface area (Å²) in [5, 5.41) is 4.65. The zero-order chi connectivity index (χ0) is 10.3. The monoisotopic (exact) mass is 227 g/mol. The smallest absolute Gasteiger partial charge is 0.0757 e. The quantitative estimate of drug-likeness (QED) is 0.797. The molecule has 1 aliphatic carbocycles. The summed E-state index contributed by atoms with van der Waals surface area (Å²) in [5.74, 6) is 2.22. The minimum absolute atomic E-state index is 0.544. The first-order valence-corrected chi connectivity index (χ1v) is 7.39. The number of rotatable bonds is 3. The highest BCUT2D eigenvalue weighted by atomic mass is 32.2. The summed E-state index contributed by atoms with van der Waals surface area (Å²) in [4.78, 5) is 0. The van der Waals surface area contributed by atoms with Crippen molar-refractivity contribution in [2.75, 3.05) is 12.4 Å². The van der Waals surface area contributed by atoms with Crippen molar-refractivity contribution in [1.29, 1.82) is 0 Å². The van der Waals surface area contributed by atoms with Gasteiger partial charge in [-0.1, -0.05) is 6.92 Å². The van der Waals surface area contributed by atoms with Gasteiger partial charge >= 0.3 is 0 Å². The molecule has 15 heavy (non-hydrogen) atoms. The van der Waals surface area contributed by atoms with Gasteiger partial charge in [0, 0.05) is 23.9 Å². The lowest BCUT2D eigenvalue weighted by atomic mass is 10.0. The van der Waals surface area contributed by atoms with Gasteiger partial charge in [0.25, 0.3) is 0 Å². The van der Waals surface area contributed by atoms with Crippen molar-refractivity contribution in [2.45, 2.75) is 56.0 Å². The molecule has 86 valence electrons. The van der Waals surface area contributed by atoms with Crippen LogP contribution < -0.4 is 5.32 Å². The molecular formula is C12H21NOS. The molecular weight excluding hydrogens is 206 g/mol. The summed E-state index contributed by atoms with van der Waals surface area (Å²) in [7, 11) is 0. The first-order valence-electron chi connectivity index (χ1n) is 6.34. The molecule has 2 saturated heterocycles. The Labute approximate surface area is 96.5 Å². The van der Waals surface area contributed by atoms with E-state index in [1.807, 2.05) is 0 Å². The van der Waals surface area contributed by atoms with E-state index in [1.54, 1.807) is 0 Å². The van der Waals surface area contributed by atoms with E-state index in [-0.39, 0.29) is 0 Å². The van der Waals surface area contributed by atoms with Crippen LogP contribution in [0.15, 0.2) is 0 Å². The van der Waals surface area contributed by atoms with Crippen LogP contribution >= 0.6 is 11.8 Å². The SMILES string of the molecule is CC1SCCC1NC1CCOC1C1CC1. The molecule has 0 aromatic heterocycles. The van der Waals surface area contributed by atoms with Crippen LogP contribution in [0.3, 0.4) is 0 Å². The molecule has 3 aliphatic rings. The topological polar surface area (TPSA) is 21.3 Å². The van der Waals surface area contributed by atoms with Crippen molar-refractivity contribution in [3.63, 3.8) is 0 Å². The lowest BCUT2D eigenvalue weighted by molar-refractivity contribution is 0.0789. The number of hydrogen-bond acceptors (Lipinski definition) is 3. The maximum Gasteiger partial charge on any atom is 0.0757 e. The van der Waals surface area contributed by atoms with Crippen molar-refractivity contribution < 1.29 is 4.74 Å². The standard InChI is InChI=1S/C12H21NOS/c1-8-10(5-7-15-8)13-11-4-6-14-12(11)9-2-3-9/h8-13H,2-7H2,1H3. The summed E-state index contributed by atoms with van der Waals surface area (Å²) in [5.41, 5.74) is 0. The van der Waals surface area contributed by atoms with Crippen LogP contribution in [-0.4, -0.2) is 35.8 Å². The summed E-state index contributed by atoms with van der Waals surface area (Å²) in [6.45, 7) is 3.34. The van der Waals surface area contributed by atoms with E-state index < -0.39 is 0 Å². The average Bonchev–Trinajstić information content (AvgIpc) is 2.85. The van der Waals surface area contributed by atoms with Crippen molar-refractivity contribution in [1.82, 2.24) is 5.32 Å². The fourth-order valence-electron chi connectivity index (χ4n) is 2.90. The molecule has 3 heteroatoms. The van der Waals surface area contributed by atoms with Gasteiger partial charge in [-0.05, 0) is 37.4 Å². The molecule has 2 nitrogen and oxygen atoms in total. The van der Waals surface area contributed by atoms with Crippen molar-refractivity contribution in [3.05, 3.63) is 0 Å². The average molecular weight is 227 g/mol. The normalized spacial score (nSPS) is 46.2. The van der Waals surface area contributed by atoms with Gasteiger partial charge in [-0.3, -0.25) is 0 Å². The van der Waals surface area contributed by atoms with Gasteiger partial charge in [-0.2, -0.15) is 11.8 Å². The molecule has 0 aromatic rings. The van der Waals surface area contributed by atoms with Crippen molar-refractivity contribution in [2.24, 2.45) is 5.92 Å². The highest BCUT2D eigenvalue weighted by Gasteiger charge is 2.41. The predicted octanol–water partition coefficient (Wildman–Crippen LogP) is 2.04. The van der Waals surface area contributed by atoms with Crippen LogP contribution in [0.4, 0.5) is 0 Å². The van der Waals surface area contributed by atoms with Crippen LogP contribution in [0, 0.1) is 5.92 Å². The maximum atomic E-state index is 5.87. The third-order valence-electron chi connectivity index (χ3n) is 4.03. The van der Waals surface area contributed by atoms with Crippen LogP contribution in [0.1, 0.15) is 32.6 Å². The Morgan fingerprint density at radius 1 is 1.13 bits per heavy atom. The van der Waals surface area contributed by atoms with Crippen molar-refractivity contribution >= 4 is 11.8 Å². The second-order valence-corrected chi connectivity index (χ2v) is 6.69. The minimum Gasteiger partial charge on any atom is -0.376 e. The molecule has 2 heterocycles. The van der Waals surface area contributed by atoms with Crippen LogP contribution in [0.5, 0.6) is 0 Å². The summed E-state index contributed by atoms with van der Waals surface area (Å²) >= 11 is 2.11. The summed E-state index contributed by atoms with van der Waals surface area (Å²) in [6.07, 6.45) is 5.92. The van der Waals surface area contributed by atoms with Crippen LogP contribution in [0.25, 0.3) is 0 Å². The molecule has 1 N–H and O–H groups in total. The molecule has 0 amide bonds. The Morgan fingerprint density at radius 3 is 2.67 bits per heavy atom. The van der Waals surface area contributed by atoms with Gasteiger partial charge in [-0.15, -0.1) is 0 Å². The lowest BCUT2D eigenvalue weighted by Crippen LogP contribution is -2.45. The van der Waals surface area contributed by atoms with Gasteiger partial charge in [0.2, 0.25) is 0 Å². The molecule has 0 radical (unpaired) electrons. The zero-order valence-electron chi connectivity index (χ0n) is 9.45. The number of thioether (sulfide) groups is 1. The van der Waals surface area contributed by atoms with E-state index in [4.69, 9.17) is 4.74 Å². The Bertz CT molecular complexity index is 232. The maximum absolute atomic E-state index is 5.87. The van der Waals surface area contributed by atoms with E-state index >= 15 is 0 Å². The van der Waals surface area contributed by atoms with Gasteiger partial charge in [-0.25, -0.2) is 0 Å². The Balaban J connectivity index is 1.56. The van der Waals surface area contributed by atoms with Crippen molar-refractivity contribution in [3.8, 4) is 0 Å². The zero-order valence-corrected chi connectivity index (χ0v) is 10.3. The van der Waals surface area contributed by atoms with E-state index in [9.17, 15) is 0 Å². The first-order chi connectivity index (χ1) is 7.34. The minimum atomic E-state index is 0.544.